The summed E-state index contributed by atoms with van der Waals surface area (Å²) in [6.07, 6.45) is 2.19. The van der Waals surface area contributed by atoms with Crippen LogP contribution in [0.2, 0.25) is 0 Å². The summed E-state index contributed by atoms with van der Waals surface area (Å²) >= 11 is 1.64. The smallest absolute Gasteiger partial charge is 0.264 e. The molecule has 1 unspecified atom stereocenters. The predicted molar refractivity (Wildman–Crippen MR) is 70.6 cm³/mol. The maximum Gasteiger partial charge on any atom is 0.264 e. The molecule has 1 aromatic rings. The summed E-state index contributed by atoms with van der Waals surface area (Å²) in [5.41, 5.74) is 1.77. The first-order valence-corrected chi connectivity index (χ1v) is 6.97. The van der Waals surface area contributed by atoms with Crippen LogP contribution in [0, 0.1) is 0 Å². The van der Waals surface area contributed by atoms with E-state index in [1.807, 2.05) is 12.3 Å². The molecule has 0 bridgehead atoms. The number of carbonyl (C=O) groups is 1. The van der Waals surface area contributed by atoms with Gasteiger partial charge in [-0.1, -0.05) is 12.1 Å². The third-order valence-electron chi connectivity index (χ3n) is 2.62. The van der Waals surface area contributed by atoms with Crippen LogP contribution in [0.3, 0.4) is 0 Å². The zero-order valence-electron chi connectivity index (χ0n) is 10.6. The predicted octanol–water partition coefficient (Wildman–Crippen LogP) is 1.88. The van der Waals surface area contributed by atoms with Crippen molar-refractivity contribution in [1.82, 2.24) is 10.3 Å². The molecule has 0 fully saturated rings. The molecule has 18 heavy (non-hydrogen) atoms. The normalized spacial score (nSPS) is 18.3. The van der Waals surface area contributed by atoms with E-state index < -0.39 is 6.10 Å². The molecule has 1 atom stereocenters. The third-order valence-corrected chi connectivity index (χ3v) is 3.57. The average Bonchev–Trinajstić information content (AvgIpc) is 2.96. The van der Waals surface area contributed by atoms with E-state index in [0.717, 1.165) is 29.3 Å². The van der Waals surface area contributed by atoms with Crippen LogP contribution in [0.1, 0.15) is 37.4 Å². The van der Waals surface area contributed by atoms with Gasteiger partial charge in [-0.3, -0.25) is 4.79 Å². The highest BCUT2D eigenvalue weighted by Crippen LogP contribution is 2.13. The van der Waals surface area contributed by atoms with Gasteiger partial charge in [-0.05, 0) is 19.8 Å². The van der Waals surface area contributed by atoms with Gasteiger partial charge in [0.25, 0.3) is 5.91 Å². The molecule has 1 aliphatic heterocycles. The standard InChI is InChI=1S/C12H17N3O2S/c1-3-4-11-14-9(7-18-11)6-13-12(16)10-5-8(2)15-17-10/h7,10H,3-6H2,1-2H3,(H,13,16). The molecule has 2 rings (SSSR count). The zero-order chi connectivity index (χ0) is 13.0. The SMILES string of the molecule is CCCc1nc(CNC(=O)C2CC(C)=NO2)cs1. The van der Waals surface area contributed by atoms with Crippen LogP contribution in [0.4, 0.5) is 0 Å². The van der Waals surface area contributed by atoms with Gasteiger partial charge >= 0.3 is 0 Å². The van der Waals surface area contributed by atoms with Crippen LogP contribution < -0.4 is 5.32 Å². The van der Waals surface area contributed by atoms with Gasteiger partial charge in [-0.2, -0.15) is 0 Å². The van der Waals surface area contributed by atoms with Crippen molar-refractivity contribution in [2.45, 2.75) is 45.8 Å². The fourth-order valence-corrected chi connectivity index (χ4v) is 2.59. The maximum absolute atomic E-state index is 11.8. The van der Waals surface area contributed by atoms with Crippen LogP contribution in [-0.4, -0.2) is 22.7 Å². The minimum atomic E-state index is -0.473. The van der Waals surface area contributed by atoms with Crippen molar-refractivity contribution in [2.75, 3.05) is 0 Å². The molecule has 0 saturated carbocycles. The lowest BCUT2D eigenvalue weighted by Gasteiger charge is -2.07. The number of nitrogens with one attached hydrogen (secondary N) is 1. The van der Waals surface area contributed by atoms with Gasteiger partial charge in [-0.25, -0.2) is 4.98 Å². The van der Waals surface area contributed by atoms with Crippen molar-refractivity contribution in [2.24, 2.45) is 5.16 Å². The maximum atomic E-state index is 11.8. The molecule has 5 nitrogen and oxygen atoms in total. The molecule has 0 aliphatic carbocycles. The number of thiazole rings is 1. The van der Waals surface area contributed by atoms with Crippen LogP contribution in [0.15, 0.2) is 10.5 Å². The summed E-state index contributed by atoms with van der Waals surface area (Å²) in [7, 11) is 0. The van der Waals surface area contributed by atoms with Crippen LogP contribution >= 0.6 is 11.3 Å². The number of oxime groups is 1. The Kier molecular flexibility index (Phi) is 4.30. The molecule has 1 amide bonds. The molecule has 1 N–H and O–H groups in total. The molecule has 1 aliphatic rings. The lowest BCUT2D eigenvalue weighted by Crippen LogP contribution is -2.34. The number of amides is 1. The Morgan fingerprint density at radius 3 is 3.17 bits per heavy atom. The summed E-state index contributed by atoms with van der Waals surface area (Å²) in [5.74, 6) is -0.124. The highest BCUT2D eigenvalue weighted by Gasteiger charge is 2.25. The van der Waals surface area contributed by atoms with Crippen LogP contribution in [0.5, 0.6) is 0 Å². The van der Waals surface area contributed by atoms with Gasteiger partial charge in [-0.15, -0.1) is 11.3 Å². The van der Waals surface area contributed by atoms with Crippen molar-refractivity contribution >= 4 is 23.0 Å². The molecule has 98 valence electrons. The summed E-state index contributed by atoms with van der Waals surface area (Å²) in [5, 5.41) is 9.70. The molecule has 0 saturated heterocycles. The number of aromatic nitrogens is 1. The van der Waals surface area contributed by atoms with E-state index in [4.69, 9.17) is 4.84 Å². The van der Waals surface area contributed by atoms with E-state index in [2.05, 4.69) is 22.4 Å². The van der Waals surface area contributed by atoms with E-state index >= 15 is 0 Å². The average molecular weight is 267 g/mol. The molecule has 2 heterocycles. The van der Waals surface area contributed by atoms with Gasteiger partial charge in [0.05, 0.1) is 23.0 Å². The summed E-state index contributed by atoms with van der Waals surface area (Å²) in [6.45, 7) is 4.44. The Balaban J connectivity index is 1.78. The Labute approximate surface area is 110 Å². The molecular formula is C12H17N3O2S. The van der Waals surface area contributed by atoms with Crippen molar-refractivity contribution < 1.29 is 9.63 Å². The quantitative estimate of drug-likeness (QED) is 0.886. The van der Waals surface area contributed by atoms with Crippen molar-refractivity contribution in [3.05, 3.63) is 16.1 Å². The van der Waals surface area contributed by atoms with Gasteiger partial charge in [0.15, 0.2) is 0 Å². The Bertz CT molecular complexity index is 456. The van der Waals surface area contributed by atoms with Crippen molar-refractivity contribution in [3.63, 3.8) is 0 Å². The number of nitrogens with zero attached hydrogens (tertiary/aromatic N) is 2. The second kappa shape index (κ2) is 5.95. The highest BCUT2D eigenvalue weighted by atomic mass is 32.1. The largest absolute Gasteiger partial charge is 0.382 e. The minimum Gasteiger partial charge on any atom is -0.382 e. The van der Waals surface area contributed by atoms with E-state index in [1.165, 1.54) is 0 Å². The molecule has 0 spiro atoms. The minimum absolute atomic E-state index is 0.124. The number of aryl methyl sites for hydroxylation is 1. The van der Waals surface area contributed by atoms with E-state index in [9.17, 15) is 4.79 Å². The third kappa shape index (κ3) is 3.29. The fourth-order valence-electron chi connectivity index (χ4n) is 1.69. The summed E-state index contributed by atoms with van der Waals surface area (Å²) < 4.78 is 0. The molecule has 0 aromatic carbocycles. The molecule has 6 heteroatoms. The molecular weight excluding hydrogens is 250 g/mol. The summed E-state index contributed by atoms with van der Waals surface area (Å²) in [4.78, 5) is 21.2. The first-order valence-electron chi connectivity index (χ1n) is 6.09. The van der Waals surface area contributed by atoms with Gasteiger partial charge in [0.2, 0.25) is 6.10 Å². The number of hydrogen-bond donors (Lipinski definition) is 1. The van der Waals surface area contributed by atoms with Crippen molar-refractivity contribution in [1.29, 1.82) is 0 Å². The monoisotopic (exact) mass is 267 g/mol. The van der Waals surface area contributed by atoms with Gasteiger partial charge < -0.3 is 10.2 Å². The van der Waals surface area contributed by atoms with Crippen LogP contribution in [-0.2, 0) is 22.6 Å². The second-order valence-corrected chi connectivity index (χ2v) is 5.27. The van der Waals surface area contributed by atoms with Gasteiger partial charge in [0, 0.05) is 11.8 Å². The molecule has 0 radical (unpaired) electrons. The number of carbonyl (C=O) groups excluding carboxylic acids is 1. The Hall–Kier alpha value is -1.43. The fraction of sp³-hybridized carbons (Fsp3) is 0.583. The first kappa shape index (κ1) is 13.0. The number of rotatable bonds is 5. The van der Waals surface area contributed by atoms with Crippen molar-refractivity contribution in [3.8, 4) is 0 Å². The summed E-state index contributed by atoms with van der Waals surface area (Å²) in [6, 6.07) is 0. The van der Waals surface area contributed by atoms with Gasteiger partial charge in [0.1, 0.15) is 0 Å². The molecule has 1 aromatic heterocycles. The Morgan fingerprint density at radius 1 is 1.67 bits per heavy atom. The highest BCUT2D eigenvalue weighted by molar-refractivity contribution is 7.09. The zero-order valence-corrected chi connectivity index (χ0v) is 11.4. The first-order chi connectivity index (χ1) is 8.69. The lowest BCUT2D eigenvalue weighted by molar-refractivity contribution is -0.131. The van der Waals surface area contributed by atoms with Crippen LogP contribution in [0.25, 0.3) is 0 Å². The second-order valence-electron chi connectivity index (χ2n) is 4.33. The Morgan fingerprint density at radius 2 is 2.50 bits per heavy atom. The number of hydrogen-bond acceptors (Lipinski definition) is 5. The van der Waals surface area contributed by atoms with E-state index in [-0.39, 0.29) is 5.91 Å². The topological polar surface area (TPSA) is 63.6 Å². The lowest BCUT2D eigenvalue weighted by atomic mass is 10.2. The van der Waals surface area contributed by atoms with E-state index in [1.54, 1.807) is 11.3 Å². The van der Waals surface area contributed by atoms with E-state index in [0.29, 0.717) is 13.0 Å².